The summed E-state index contributed by atoms with van der Waals surface area (Å²) in [5.74, 6) is -2.49. The van der Waals surface area contributed by atoms with Crippen LogP contribution in [-0.4, -0.2) is 31.9 Å². The van der Waals surface area contributed by atoms with Gasteiger partial charge < -0.3 is 10.2 Å². The molecule has 6 heteroatoms. The van der Waals surface area contributed by atoms with Crippen LogP contribution in [0.15, 0.2) is 36.4 Å². The Morgan fingerprint density at radius 2 is 1.71 bits per heavy atom. The minimum atomic E-state index is -1.26. The van der Waals surface area contributed by atoms with Gasteiger partial charge in [-0.15, -0.1) is 0 Å². The second-order valence-corrected chi connectivity index (χ2v) is 3.27. The van der Waals surface area contributed by atoms with Gasteiger partial charge in [-0.3, -0.25) is 0 Å². The Hall–Kier alpha value is -2.63. The Labute approximate surface area is 95.7 Å². The second-order valence-electron chi connectivity index (χ2n) is 3.27. The van der Waals surface area contributed by atoms with E-state index in [-0.39, 0.29) is 11.4 Å². The summed E-state index contributed by atoms with van der Waals surface area (Å²) in [6.07, 6.45) is 0. The summed E-state index contributed by atoms with van der Waals surface area (Å²) in [6, 6.07) is 9.51. The van der Waals surface area contributed by atoms with E-state index < -0.39 is 11.9 Å². The summed E-state index contributed by atoms with van der Waals surface area (Å²) in [5, 5.41) is 21.5. The van der Waals surface area contributed by atoms with Crippen molar-refractivity contribution < 1.29 is 19.8 Å². The maximum absolute atomic E-state index is 11.0. The molecular formula is C11H8N2O4. The Balaban J connectivity index is 2.60. The first-order chi connectivity index (χ1) is 8.09. The summed E-state index contributed by atoms with van der Waals surface area (Å²) in [7, 11) is 0. The number of hydrogen-bond donors (Lipinski definition) is 2. The highest BCUT2D eigenvalue weighted by molar-refractivity contribution is 5.92. The highest BCUT2D eigenvalue weighted by Crippen LogP contribution is 2.12. The Kier molecular flexibility index (Phi) is 2.61. The van der Waals surface area contributed by atoms with Crippen molar-refractivity contribution in [3.63, 3.8) is 0 Å². The van der Waals surface area contributed by atoms with Gasteiger partial charge in [-0.25, -0.2) is 14.3 Å². The molecule has 0 radical (unpaired) electrons. The molecule has 0 amide bonds. The van der Waals surface area contributed by atoms with Crippen molar-refractivity contribution in [3.05, 3.63) is 47.8 Å². The average molecular weight is 232 g/mol. The van der Waals surface area contributed by atoms with E-state index in [0.29, 0.717) is 5.69 Å². The number of hydrogen-bond acceptors (Lipinski definition) is 3. The second kappa shape index (κ2) is 4.09. The Morgan fingerprint density at radius 3 is 2.24 bits per heavy atom. The van der Waals surface area contributed by atoms with Crippen molar-refractivity contribution in [3.8, 4) is 5.69 Å². The van der Waals surface area contributed by atoms with E-state index in [1.807, 2.05) is 0 Å². The number of rotatable bonds is 3. The van der Waals surface area contributed by atoms with E-state index >= 15 is 0 Å². The molecule has 6 nitrogen and oxygen atoms in total. The summed E-state index contributed by atoms with van der Waals surface area (Å²) < 4.78 is 1.09. The molecule has 0 fully saturated rings. The molecule has 0 aliphatic carbocycles. The quantitative estimate of drug-likeness (QED) is 0.831. The zero-order valence-corrected chi connectivity index (χ0v) is 8.57. The van der Waals surface area contributed by atoms with Crippen molar-refractivity contribution in [2.75, 3.05) is 0 Å². The lowest BCUT2D eigenvalue weighted by atomic mass is 10.3. The van der Waals surface area contributed by atoms with Crippen molar-refractivity contribution in [2.24, 2.45) is 0 Å². The fraction of sp³-hybridized carbons (Fsp3) is 0. The van der Waals surface area contributed by atoms with E-state index in [9.17, 15) is 9.59 Å². The molecule has 0 unspecified atom stereocenters. The molecule has 0 aliphatic heterocycles. The highest BCUT2D eigenvalue weighted by Gasteiger charge is 2.18. The summed E-state index contributed by atoms with van der Waals surface area (Å²) in [5.41, 5.74) is 0.0113. The molecule has 1 aromatic heterocycles. The normalized spacial score (nSPS) is 10.1. The van der Waals surface area contributed by atoms with Gasteiger partial charge in [0.25, 0.3) is 0 Å². The molecule has 0 spiro atoms. The maximum Gasteiger partial charge on any atom is 0.356 e. The number of aromatic nitrogens is 2. The largest absolute Gasteiger partial charge is 0.477 e. The summed E-state index contributed by atoms with van der Waals surface area (Å²) in [4.78, 5) is 21.7. The minimum absolute atomic E-state index is 0.186. The van der Waals surface area contributed by atoms with Crippen molar-refractivity contribution in [1.29, 1.82) is 0 Å². The van der Waals surface area contributed by atoms with E-state index in [2.05, 4.69) is 5.10 Å². The number of carboxylic acid groups (broad SMARTS) is 2. The average Bonchev–Trinajstić information content (AvgIpc) is 2.75. The van der Waals surface area contributed by atoms with Crippen LogP contribution in [-0.2, 0) is 0 Å². The fourth-order valence-corrected chi connectivity index (χ4v) is 1.40. The minimum Gasteiger partial charge on any atom is -0.477 e. The third-order valence-corrected chi connectivity index (χ3v) is 2.15. The standard InChI is InChI=1S/C11H8N2O4/c14-10(15)8-6-9(11(16)17)13(12-8)7-4-2-1-3-5-7/h1-6H,(H,14,15)(H,16,17). The van der Waals surface area contributed by atoms with Crippen LogP contribution in [0.3, 0.4) is 0 Å². The van der Waals surface area contributed by atoms with Crippen molar-refractivity contribution in [2.45, 2.75) is 0 Å². The number of nitrogens with zero attached hydrogens (tertiary/aromatic N) is 2. The van der Waals surface area contributed by atoms with Crippen LogP contribution in [0.25, 0.3) is 5.69 Å². The van der Waals surface area contributed by atoms with Crippen molar-refractivity contribution in [1.82, 2.24) is 9.78 Å². The Bertz CT molecular complexity index is 574. The molecule has 2 N–H and O–H groups in total. The van der Waals surface area contributed by atoms with Gasteiger partial charge in [0.1, 0.15) is 0 Å². The van der Waals surface area contributed by atoms with Gasteiger partial charge in [-0.2, -0.15) is 5.10 Å². The predicted octanol–water partition coefficient (Wildman–Crippen LogP) is 1.27. The topological polar surface area (TPSA) is 92.4 Å². The molecule has 17 heavy (non-hydrogen) atoms. The number of aromatic carboxylic acids is 2. The van der Waals surface area contributed by atoms with Gasteiger partial charge in [0, 0.05) is 6.07 Å². The molecular weight excluding hydrogens is 224 g/mol. The molecule has 0 aliphatic rings. The number of benzene rings is 1. The molecule has 1 heterocycles. The Morgan fingerprint density at radius 1 is 1.06 bits per heavy atom. The third kappa shape index (κ3) is 2.00. The van der Waals surface area contributed by atoms with E-state index in [4.69, 9.17) is 10.2 Å². The van der Waals surface area contributed by atoms with Crippen LogP contribution in [0.2, 0.25) is 0 Å². The SMILES string of the molecule is O=C(O)c1cc(C(=O)O)n(-c2ccccc2)n1. The molecule has 86 valence electrons. The van der Waals surface area contributed by atoms with Gasteiger partial charge in [-0.05, 0) is 12.1 Å². The molecule has 2 rings (SSSR count). The van der Waals surface area contributed by atoms with Crippen molar-refractivity contribution >= 4 is 11.9 Å². The maximum atomic E-state index is 11.0. The summed E-state index contributed by atoms with van der Waals surface area (Å²) >= 11 is 0. The molecule has 0 atom stereocenters. The van der Waals surface area contributed by atoms with Gasteiger partial charge in [0.05, 0.1) is 5.69 Å². The number of carbonyl (C=O) groups is 2. The monoisotopic (exact) mass is 232 g/mol. The van der Waals surface area contributed by atoms with E-state index in [1.165, 1.54) is 0 Å². The zero-order chi connectivity index (χ0) is 12.4. The number of para-hydroxylation sites is 1. The van der Waals surface area contributed by atoms with Crippen LogP contribution in [0.4, 0.5) is 0 Å². The lowest BCUT2D eigenvalue weighted by Gasteiger charge is -2.02. The highest BCUT2D eigenvalue weighted by atomic mass is 16.4. The molecule has 1 aromatic carbocycles. The van der Waals surface area contributed by atoms with Gasteiger partial charge >= 0.3 is 11.9 Å². The van der Waals surface area contributed by atoms with Crippen LogP contribution >= 0.6 is 0 Å². The van der Waals surface area contributed by atoms with Crippen LogP contribution in [0.1, 0.15) is 21.0 Å². The molecule has 2 aromatic rings. The van der Waals surface area contributed by atoms with Crippen LogP contribution in [0.5, 0.6) is 0 Å². The van der Waals surface area contributed by atoms with E-state index in [1.54, 1.807) is 30.3 Å². The van der Waals surface area contributed by atoms with Gasteiger partial charge in [-0.1, -0.05) is 18.2 Å². The van der Waals surface area contributed by atoms with Crippen LogP contribution < -0.4 is 0 Å². The molecule has 0 saturated heterocycles. The first-order valence-corrected chi connectivity index (χ1v) is 4.71. The lowest BCUT2D eigenvalue weighted by Crippen LogP contribution is -2.07. The fourth-order valence-electron chi connectivity index (χ4n) is 1.40. The lowest BCUT2D eigenvalue weighted by molar-refractivity contribution is 0.0679. The first-order valence-electron chi connectivity index (χ1n) is 4.71. The summed E-state index contributed by atoms with van der Waals surface area (Å²) in [6.45, 7) is 0. The van der Waals surface area contributed by atoms with Gasteiger partial charge in [0.15, 0.2) is 11.4 Å². The zero-order valence-electron chi connectivity index (χ0n) is 8.57. The predicted molar refractivity (Wildman–Crippen MR) is 57.5 cm³/mol. The van der Waals surface area contributed by atoms with Gasteiger partial charge in [0.2, 0.25) is 0 Å². The molecule has 0 bridgehead atoms. The van der Waals surface area contributed by atoms with E-state index in [0.717, 1.165) is 10.7 Å². The molecule has 0 saturated carbocycles. The number of carboxylic acids is 2. The van der Waals surface area contributed by atoms with Crippen LogP contribution in [0, 0.1) is 0 Å². The smallest absolute Gasteiger partial charge is 0.356 e. The first kappa shape index (κ1) is 10.9. The third-order valence-electron chi connectivity index (χ3n) is 2.15.